The minimum Gasteiger partial charge on any atom is -0.125 e. The largest absolute Gasteiger partial charge is 0.125 e. The van der Waals surface area contributed by atoms with E-state index in [4.69, 9.17) is 0 Å². The van der Waals surface area contributed by atoms with Crippen molar-refractivity contribution in [3.8, 4) is 0 Å². The summed E-state index contributed by atoms with van der Waals surface area (Å²) in [5, 5.41) is 0. The van der Waals surface area contributed by atoms with Gasteiger partial charge in [0, 0.05) is 10.6 Å². The Morgan fingerprint density at radius 2 is 2.08 bits per heavy atom. The van der Waals surface area contributed by atoms with Crippen molar-refractivity contribution in [3.63, 3.8) is 0 Å². The van der Waals surface area contributed by atoms with Crippen molar-refractivity contribution in [1.29, 1.82) is 0 Å². The molecule has 1 aliphatic rings. The lowest BCUT2D eigenvalue weighted by Gasteiger charge is -2.12. The summed E-state index contributed by atoms with van der Waals surface area (Å²) in [5.41, 5.74) is 4.63. The highest BCUT2D eigenvalue weighted by Gasteiger charge is 2.18. The highest BCUT2D eigenvalue weighted by atomic mass is 32.2. The second-order valence-corrected chi connectivity index (χ2v) is 5.14. The number of thioether (sulfide) groups is 1. The van der Waals surface area contributed by atoms with Gasteiger partial charge >= 0.3 is 0 Å². The maximum Gasteiger partial charge on any atom is 0.0142 e. The quantitative estimate of drug-likeness (QED) is 0.652. The molecule has 0 saturated carbocycles. The lowest BCUT2D eigenvalue weighted by Crippen LogP contribution is -1.94. The molecule has 1 aromatic rings. The van der Waals surface area contributed by atoms with E-state index in [9.17, 15) is 0 Å². The first-order chi connectivity index (χ1) is 6.20. The van der Waals surface area contributed by atoms with E-state index in [0.717, 1.165) is 0 Å². The SMILES string of the molecule is Cc1ccc(C(C)C)c2c1CCS2. The maximum atomic E-state index is 2.30. The number of rotatable bonds is 1. The number of fused-ring (bicyclic) bond motifs is 1. The van der Waals surface area contributed by atoms with Gasteiger partial charge in [-0.15, -0.1) is 11.8 Å². The monoisotopic (exact) mass is 192 g/mol. The Kier molecular flexibility index (Phi) is 2.37. The molecule has 0 fully saturated rings. The molecule has 0 atom stereocenters. The summed E-state index contributed by atoms with van der Waals surface area (Å²) in [6.07, 6.45) is 1.27. The predicted molar refractivity (Wildman–Crippen MR) is 59.7 cm³/mol. The fourth-order valence-corrected chi connectivity index (χ4v) is 3.35. The lowest BCUT2D eigenvalue weighted by molar-refractivity contribution is 0.835. The van der Waals surface area contributed by atoms with Crippen LogP contribution in [0.5, 0.6) is 0 Å². The molecule has 1 heterocycles. The highest BCUT2D eigenvalue weighted by Crippen LogP contribution is 2.39. The summed E-state index contributed by atoms with van der Waals surface area (Å²) in [4.78, 5) is 1.58. The molecule has 0 amide bonds. The van der Waals surface area contributed by atoms with Gasteiger partial charge in [0.2, 0.25) is 0 Å². The van der Waals surface area contributed by atoms with Gasteiger partial charge in [0.1, 0.15) is 0 Å². The van der Waals surface area contributed by atoms with Crippen LogP contribution in [0.15, 0.2) is 17.0 Å². The molecule has 0 spiro atoms. The minimum atomic E-state index is 0.667. The van der Waals surface area contributed by atoms with E-state index in [1.54, 1.807) is 16.0 Å². The summed E-state index contributed by atoms with van der Waals surface area (Å²) < 4.78 is 0. The van der Waals surface area contributed by atoms with Crippen LogP contribution in [0.1, 0.15) is 36.5 Å². The number of benzene rings is 1. The van der Waals surface area contributed by atoms with E-state index in [2.05, 4.69) is 32.9 Å². The molecule has 13 heavy (non-hydrogen) atoms. The number of hydrogen-bond donors (Lipinski definition) is 0. The van der Waals surface area contributed by atoms with Crippen molar-refractivity contribution in [3.05, 3.63) is 28.8 Å². The number of aryl methyl sites for hydroxylation is 1. The number of hydrogen-bond acceptors (Lipinski definition) is 1. The van der Waals surface area contributed by atoms with E-state index in [-0.39, 0.29) is 0 Å². The van der Waals surface area contributed by atoms with Crippen LogP contribution in [0.3, 0.4) is 0 Å². The Balaban J connectivity index is 2.56. The van der Waals surface area contributed by atoms with Crippen LogP contribution >= 0.6 is 11.8 Å². The molecule has 0 bridgehead atoms. The van der Waals surface area contributed by atoms with Gasteiger partial charge in [-0.1, -0.05) is 26.0 Å². The van der Waals surface area contributed by atoms with Crippen molar-refractivity contribution in [1.82, 2.24) is 0 Å². The second-order valence-electron chi connectivity index (χ2n) is 4.03. The van der Waals surface area contributed by atoms with Crippen LogP contribution in [0, 0.1) is 6.92 Å². The third kappa shape index (κ3) is 1.50. The molecule has 0 N–H and O–H groups in total. The van der Waals surface area contributed by atoms with Crippen molar-refractivity contribution in [2.24, 2.45) is 0 Å². The van der Waals surface area contributed by atoms with Gasteiger partial charge in [0.25, 0.3) is 0 Å². The van der Waals surface area contributed by atoms with E-state index < -0.39 is 0 Å². The first kappa shape index (κ1) is 9.14. The fourth-order valence-electron chi connectivity index (χ4n) is 1.94. The zero-order chi connectivity index (χ0) is 9.42. The maximum absolute atomic E-state index is 2.30. The molecule has 0 unspecified atom stereocenters. The molecule has 1 heteroatoms. The van der Waals surface area contributed by atoms with Crippen molar-refractivity contribution in [2.45, 2.75) is 38.0 Å². The van der Waals surface area contributed by atoms with Gasteiger partial charge in [0.15, 0.2) is 0 Å². The predicted octanol–water partition coefficient (Wildman–Crippen LogP) is 3.77. The van der Waals surface area contributed by atoms with Crippen molar-refractivity contribution < 1.29 is 0 Å². The van der Waals surface area contributed by atoms with Gasteiger partial charge < -0.3 is 0 Å². The normalized spacial score (nSPS) is 15.1. The molecule has 0 radical (unpaired) electrons. The van der Waals surface area contributed by atoms with Crippen molar-refractivity contribution >= 4 is 11.8 Å². The first-order valence-corrected chi connectivity index (χ1v) is 5.94. The van der Waals surface area contributed by atoms with Gasteiger partial charge in [-0.25, -0.2) is 0 Å². The van der Waals surface area contributed by atoms with E-state index in [0.29, 0.717) is 5.92 Å². The Morgan fingerprint density at radius 3 is 2.77 bits per heavy atom. The smallest absolute Gasteiger partial charge is 0.0142 e. The van der Waals surface area contributed by atoms with E-state index in [1.165, 1.54) is 17.7 Å². The summed E-state index contributed by atoms with van der Waals surface area (Å²) in [7, 11) is 0. The molecule has 0 aromatic heterocycles. The molecule has 0 aliphatic carbocycles. The third-order valence-corrected chi connectivity index (χ3v) is 3.92. The summed E-state index contributed by atoms with van der Waals surface area (Å²) in [6.45, 7) is 6.79. The van der Waals surface area contributed by atoms with Crippen LogP contribution in [0.2, 0.25) is 0 Å². The fraction of sp³-hybridized carbons (Fsp3) is 0.500. The topological polar surface area (TPSA) is 0 Å². The van der Waals surface area contributed by atoms with Gasteiger partial charge in [-0.3, -0.25) is 0 Å². The zero-order valence-electron chi connectivity index (χ0n) is 8.55. The third-order valence-electron chi connectivity index (χ3n) is 2.75. The molecular formula is C12H16S. The molecule has 1 aliphatic heterocycles. The molecule has 70 valence electrons. The Labute approximate surface area is 84.7 Å². The van der Waals surface area contributed by atoms with Gasteiger partial charge in [0.05, 0.1) is 0 Å². The molecule has 0 nitrogen and oxygen atoms in total. The molecule has 2 rings (SSSR count). The lowest BCUT2D eigenvalue weighted by atomic mass is 9.97. The zero-order valence-corrected chi connectivity index (χ0v) is 9.37. The Morgan fingerprint density at radius 1 is 1.31 bits per heavy atom. The van der Waals surface area contributed by atoms with Crippen LogP contribution < -0.4 is 0 Å². The molecule has 1 aromatic carbocycles. The van der Waals surface area contributed by atoms with Gasteiger partial charge in [-0.05, 0) is 36.0 Å². The van der Waals surface area contributed by atoms with E-state index >= 15 is 0 Å². The second kappa shape index (κ2) is 3.38. The standard InChI is InChI=1S/C12H16S/c1-8(2)10-5-4-9(3)11-6-7-13-12(10)11/h4-5,8H,6-7H2,1-3H3. The Hall–Kier alpha value is -0.430. The van der Waals surface area contributed by atoms with Crippen LogP contribution in [-0.2, 0) is 6.42 Å². The summed E-state index contributed by atoms with van der Waals surface area (Å²) in [5.74, 6) is 1.94. The minimum absolute atomic E-state index is 0.667. The summed E-state index contributed by atoms with van der Waals surface area (Å²) in [6, 6.07) is 4.58. The molecular weight excluding hydrogens is 176 g/mol. The molecule has 0 saturated heterocycles. The van der Waals surface area contributed by atoms with E-state index in [1.807, 2.05) is 11.8 Å². The first-order valence-electron chi connectivity index (χ1n) is 4.95. The summed E-state index contributed by atoms with van der Waals surface area (Å²) >= 11 is 2.04. The van der Waals surface area contributed by atoms with Crippen LogP contribution in [0.4, 0.5) is 0 Å². The Bertz CT molecular complexity index is 326. The average molecular weight is 192 g/mol. The van der Waals surface area contributed by atoms with Crippen molar-refractivity contribution in [2.75, 3.05) is 5.75 Å². The highest BCUT2D eigenvalue weighted by molar-refractivity contribution is 7.99. The van der Waals surface area contributed by atoms with Gasteiger partial charge in [-0.2, -0.15) is 0 Å². The van der Waals surface area contributed by atoms with Crippen LogP contribution in [0.25, 0.3) is 0 Å². The average Bonchev–Trinajstić information content (AvgIpc) is 2.53. The van der Waals surface area contributed by atoms with Crippen LogP contribution in [-0.4, -0.2) is 5.75 Å².